The maximum atomic E-state index is 3.76. The van der Waals surface area contributed by atoms with Gasteiger partial charge >= 0.3 is 0 Å². The highest BCUT2D eigenvalue weighted by Gasteiger charge is 2.33. The van der Waals surface area contributed by atoms with Crippen molar-refractivity contribution in [2.75, 3.05) is 39.3 Å². The molecule has 21 heavy (non-hydrogen) atoms. The van der Waals surface area contributed by atoms with E-state index in [0.29, 0.717) is 0 Å². The Morgan fingerprint density at radius 1 is 1.05 bits per heavy atom. The second-order valence-electron chi connectivity index (χ2n) is 7.79. The van der Waals surface area contributed by atoms with Crippen LogP contribution in [0.2, 0.25) is 0 Å². The van der Waals surface area contributed by atoms with Crippen LogP contribution in [0, 0.1) is 11.8 Å². The van der Waals surface area contributed by atoms with E-state index in [1.54, 1.807) is 0 Å². The third-order valence-electron chi connectivity index (χ3n) is 6.11. The minimum Gasteiger partial charge on any atom is -0.314 e. The van der Waals surface area contributed by atoms with Crippen molar-refractivity contribution in [1.82, 2.24) is 15.1 Å². The maximum Gasteiger partial charge on any atom is 0.0235 e. The lowest BCUT2D eigenvalue weighted by molar-refractivity contribution is 0.152. The summed E-state index contributed by atoms with van der Waals surface area (Å²) in [6.07, 6.45) is 8.52. The van der Waals surface area contributed by atoms with Gasteiger partial charge in [-0.1, -0.05) is 13.8 Å². The molecule has 3 fully saturated rings. The molecule has 0 spiro atoms. The molecule has 0 bridgehead atoms. The summed E-state index contributed by atoms with van der Waals surface area (Å²) < 4.78 is 0. The largest absolute Gasteiger partial charge is 0.314 e. The van der Waals surface area contributed by atoms with Crippen molar-refractivity contribution in [1.29, 1.82) is 0 Å². The number of hydrogen-bond donors (Lipinski definition) is 1. The summed E-state index contributed by atoms with van der Waals surface area (Å²) in [6, 6.07) is 1.64. The average Bonchev–Trinajstić information content (AvgIpc) is 3.12. The molecule has 2 heterocycles. The summed E-state index contributed by atoms with van der Waals surface area (Å²) in [5.41, 5.74) is 0. The van der Waals surface area contributed by atoms with Gasteiger partial charge in [-0.05, 0) is 76.5 Å². The van der Waals surface area contributed by atoms with Crippen molar-refractivity contribution < 1.29 is 0 Å². The van der Waals surface area contributed by atoms with Crippen LogP contribution in [0.15, 0.2) is 0 Å². The van der Waals surface area contributed by atoms with Gasteiger partial charge in [0.15, 0.2) is 0 Å². The van der Waals surface area contributed by atoms with Gasteiger partial charge in [0.1, 0.15) is 0 Å². The molecule has 3 aliphatic rings. The Balaban J connectivity index is 1.50. The van der Waals surface area contributed by atoms with E-state index in [2.05, 4.69) is 29.0 Å². The minimum absolute atomic E-state index is 0.775. The molecule has 2 saturated heterocycles. The summed E-state index contributed by atoms with van der Waals surface area (Å²) in [5, 5.41) is 3.76. The number of rotatable bonds is 5. The van der Waals surface area contributed by atoms with Crippen molar-refractivity contribution in [2.24, 2.45) is 11.8 Å². The van der Waals surface area contributed by atoms with Gasteiger partial charge in [0.2, 0.25) is 0 Å². The number of nitrogens with zero attached hydrogens (tertiary/aromatic N) is 2. The Morgan fingerprint density at radius 3 is 2.62 bits per heavy atom. The molecule has 3 rings (SSSR count). The first-order chi connectivity index (χ1) is 10.3. The SMILES string of the molecule is CCNC1CCC(C)CC1CN1CCC(N2CCCC2)C1. The van der Waals surface area contributed by atoms with Gasteiger partial charge in [-0.2, -0.15) is 0 Å². The fourth-order valence-electron chi connectivity index (χ4n) is 4.95. The Labute approximate surface area is 131 Å². The van der Waals surface area contributed by atoms with Crippen LogP contribution in [-0.4, -0.2) is 61.2 Å². The predicted molar refractivity (Wildman–Crippen MR) is 89.6 cm³/mol. The van der Waals surface area contributed by atoms with Crippen LogP contribution in [0.25, 0.3) is 0 Å². The minimum atomic E-state index is 0.775. The fraction of sp³-hybridized carbons (Fsp3) is 1.00. The lowest BCUT2D eigenvalue weighted by Crippen LogP contribution is -2.45. The fourth-order valence-corrected chi connectivity index (χ4v) is 4.95. The summed E-state index contributed by atoms with van der Waals surface area (Å²) in [7, 11) is 0. The molecule has 122 valence electrons. The van der Waals surface area contributed by atoms with Gasteiger partial charge in [0, 0.05) is 25.2 Å². The normalized spacial score (nSPS) is 39.1. The summed E-state index contributed by atoms with van der Waals surface area (Å²) in [5.74, 6) is 1.81. The lowest BCUT2D eigenvalue weighted by Gasteiger charge is -2.37. The molecule has 3 nitrogen and oxygen atoms in total. The summed E-state index contributed by atoms with van der Waals surface area (Å²) >= 11 is 0. The quantitative estimate of drug-likeness (QED) is 0.840. The standard InChI is InChI=1S/C18H35N3/c1-3-19-18-7-6-15(2)12-16(18)13-20-11-8-17(14-20)21-9-4-5-10-21/h15-19H,3-14H2,1-2H3. The zero-order valence-electron chi connectivity index (χ0n) is 14.2. The molecular formula is C18H35N3. The second-order valence-corrected chi connectivity index (χ2v) is 7.79. The molecule has 0 amide bonds. The third kappa shape index (κ3) is 4.00. The van der Waals surface area contributed by atoms with Crippen LogP contribution in [-0.2, 0) is 0 Å². The van der Waals surface area contributed by atoms with Gasteiger partial charge in [0.05, 0.1) is 0 Å². The van der Waals surface area contributed by atoms with Gasteiger partial charge in [0.25, 0.3) is 0 Å². The highest BCUT2D eigenvalue weighted by molar-refractivity contribution is 4.90. The lowest BCUT2D eigenvalue weighted by atomic mass is 9.78. The van der Waals surface area contributed by atoms with E-state index in [-0.39, 0.29) is 0 Å². The molecule has 0 radical (unpaired) electrons. The van der Waals surface area contributed by atoms with Crippen LogP contribution in [0.5, 0.6) is 0 Å². The van der Waals surface area contributed by atoms with Crippen molar-refractivity contribution in [3.8, 4) is 0 Å². The smallest absolute Gasteiger partial charge is 0.0235 e. The summed E-state index contributed by atoms with van der Waals surface area (Å²) in [4.78, 5) is 5.53. The Morgan fingerprint density at radius 2 is 1.86 bits per heavy atom. The van der Waals surface area contributed by atoms with Crippen LogP contribution >= 0.6 is 0 Å². The van der Waals surface area contributed by atoms with Gasteiger partial charge in [-0.15, -0.1) is 0 Å². The molecule has 4 atom stereocenters. The molecule has 1 saturated carbocycles. The number of nitrogens with one attached hydrogen (secondary N) is 1. The molecule has 0 aromatic heterocycles. The van der Waals surface area contributed by atoms with Crippen LogP contribution < -0.4 is 5.32 Å². The Hall–Kier alpha value is -0.120. The zero-order chi connectivity index (χ0) is 14.7. The molecule has 3 heteroatoms. The van der Waals surface area contributed by atoms with Crippen molar-refractivity contribution in [2.45, 2.75) is 64.5 Å². The van der Waals surface area contributed by atoms with Crippen LogP contribution in [0.4, 0.5) is 0 Å². The van der Waals surface area contributed by atoms with E-state index >= 15 is 0 Å². The molecule has 2 aliphatic heterocycles. The first kappa shape index (κ1) is 15.8. The molecule has 1 aliphatic carbocycles. The zero-order valence-corrected chi connectivity index (χ0v) is 14.2. The highest BCUT2D eigenvalue weighted by Crippen LogP contribution is 2.31. The van der Waals surface area contributed by atoms with E-state index in [1.807, 2.05) is 0 Å². The van der Waals surface area contributed by atoms with Crippen molar-refractivity contribution in [3.05, 3.63) is 0 Å². The Bertz CT molecular complexity index is 314. The first-order valence-electron chi connectivity index (χ1n) is 9.46. The topological polar surface area (TPSA) is 18.5 Å². The van der Waals surface area contributed by atoms with Gasteiger partial charge in [-0.3, -0.25) is 4.90 Å². The first-order valence-corrected chi connectivity index (χ1v) is 9.46. The van der Waals surface area contributed by atoms with Gasteiger partial charge < -0.3 is 10.2 Å². The van der Waals surface area contributed by atoms with Crippen molar-refractivity contribution >= 4 is 0 Å². The average molecular weight is 293 g/mol. The Kier molecular flexibility index (Phi) is 5.58. The number of hydrogen-bond acceptors (Lipinski definition) is 3. The van der Waals surface area contributed by atoms with E-state index in [1.165, 1.54) is 71.2 Å². The molecule has 4 unspecified atom stereocenters. The van der Waals surface area contributed by atoms with E-state index in [4.69, 9.17) is 0 Å². The van der Waals surface area contributed by atoms with E-state index in [0.717, 1.165) is 30.5 Å². The molecule has 0 aromatic rings. The molecular weight excluding hydrogens is 258 g/mol. The highest BCUT2D eigenvalue weighted by atomic mass is 15.3. The number of likely N-dealkylation sites (tertiary alicyclic amines) is 2. The third-order valence-corrected chi connectivity index (χ3v) is 6.11. The maximum absolute atomic E-state index is 3.76. The summed E-state index contributed by atoms with van der Waals surface area (Å²) in [6.45, 7) is 12.6. The monoisotopic (exact) mass is 293 g/mol. The van der Waals surface area contributed by atoms with Crippen molar-refractivity contribution in [3.63, 3.8) is 0 Å². The molecule has 0 aromatic carbocycles. The van der Waals surface area contributed by atoms with Gasteiger partial charge in [-0.25, -0.2) is 0 Å². The van der Waals surface area contributed by atoms with E-state index < -0.39 is 0 Å². The predicted octanol–water partition coefficient (Wildman–Crippen LogP) is 2.57. The van der Waals surface area contributed by atoms with Crippen LogP contribution in [0.3, 0.4) is 0 Å². The second kappa shape index (κ2) is 7.43. The van der Waals surface area contributed by atoms with Crippen LogP contribution in [0.1, 0.15) is 52.4 Å². The van der Waals surface area contributed by atoms with E-state index in [9.17, 15) is 0 Å². The molecule has 1 N–H and O–H groups in total.